The van der Waals surface area contributed by atoms with Crippen LogP contribution in [0.15, 0.2) is 23.1 Å². The molecule has 1 aliphatic heterocycles. The summed E-state index contributed by atoms with van der Waals surface area (Å²) in [6, 6.07) is 3.30. The first-order valence-electron chi connectivity index (χ1n) is 11.0. The molecule has 192 valence electrons. The SMILES string of the molecule is CCc1c(N2CCNCC2)c(=O)c2nc(-c3ccnc(OC)c3)sc2n1CC(=O)OC(=O)C(F)(F)F. The van der Waals surface area contributed by atoms with Crippen LogP contribution in [0.2, 0.25) is 0 Å². The summed E-state index contributed by atoms with van der Waals surface area (Å²) >= 11 is 1.08. The van der Waals surface area contributed by atoms with Crippen molar-refractivity contribution in [3.63, 3.8) is 0 Å². The predicted octanol–water partition coefficient (Wildman–Crippen LogP) is 2.13. The van der Waals surface area contributed by atoms with E-state index >= 15 is 0 Å². The van der Waals surface area contributed by atoms with Gasteiger partial charge in [-0.05, 0) is 12.5 Å². The molecule has 10 nitrogen and oxygen atoms in total. The molecule has 4 rings (SSSR count). The first-order valence-corrected chi connectivity index (χ1v) is 11.8. The smallest absolute Gasteiger partial charge is 0.481 e. The molecule has 3 aromatic heterocycles. The molecule has 3 aromatic rings. The number of hydrogen-bond acceptors (Lipinski definition) is 10. The lowest BCUT2D eigenvalue weighted by Crippen LogP contribution is -2.46. The van der Waals surface area contributed by atoms with Crippen LogP contribution in [0.4, 0.5) is 18.9 Å². The average molecular weight is 526 g/mol. The van der Waals surface area contributed by atoms with Gasteiger partial charge in [0, 0.05) is 49.7 Å². The summed E-state index contributed by atoms with van der Waals surface area (Å²) in [6.45, 7) is 3.35. The number of carbonyl (C=O) groups excluding carboxylic acids is 2. The van der Waals surface area contributed by atoms with Crippen molar-refractivity contribution in [2.75, 3.05) is 38.2 Å². The minimum atomic E-state index is -5.31. The molecule has 14 heteroatoms. The van der Waals surface area contributed by atoms with Gasteiger partial charge in [0.2, 0.25) is 11.3 Å². The molecule has 0 amide bonds. The number of aromatic nitrogens is 3. The lowest BCUT2D eigenvalue weighted by molar-refractivity contribution is -0.202. The molecule has 0 bridgehead atoms. The molecule has 0 unspecified atom stereocenters. The topological polar surface area (TPSA) is 116 Å². The maximum absolute atomic E-state index is 13.6. The number of nitrogens with one attached hydrogen (secondary N) is 1. The number of hydrogen-bond donors (Lipinski definition) is 1. The minimum absolute atomic E-state index is 0.0615. The van der Waals surface area contributed by atoms with Crippen molar-refractivity contribution in [2.24, 2.45) is 0 Å². The number of methoxy groups -OCH3 is 1. The second-order valence-electron chi connectivity index (χ2n) is 7.82. The fraction of sp³-hybridized carbons (Fsp3) is 0.409. The van der Waals surface area contributed by atoms with E-state index in [-0.39, 0.29) is 15.8 Å². The van der Waals surface area contributed by atoms with Crippen LogP contribution >= 0.6 is 11.3 Å². The molecule has 1 fully saturated rings. The molecule has 1 saturated heterocycles. The molecule has 0 spiro atoms. The van der Waals surface area contributed by atoms with Gasteiger partial charge in [0.1, 0.15) is 27.6 Å². The number of pyridine rings is 2. The van der Waals surface area contributed by atoms with Gasteiger partial charge in [0.05, 0.1) is 7.11 Å². The molecule has 0 aliphatic carbocycles. The van der Waals surface area contributed by atoms with Gasteiger partial charge in [-0.15, -0.1) is 0 Å². The number of esters is 2. The van der Waals surface area contributed by atoms with Gasteiger partial charge in [0.15, 0.2) is 0 Å². The maximum atomic E-state index is 13.6. The quantitative estimate of drug-likeness (QED) is 0.382. The number of rotatable bonds is 6. The number of nitrogens with zero attached hydrogens (tertiary/aromatic N) is 4. The maximum Gasteiger partial charge on any atom is 0.491 e. The van der Waals surface area contributed by atoms with E-state index in [0.717, 1.165) is 11.3 Å². The number of piperazine rings is 1. The summed E-state index contributed by atoms with van der Waals surface area (Å²) in [4.78, 5) is 48.0. The lowest BCUT2D eigenvalue weighted by atomic mass is 10.1. The third-order valence-electron chi connectivity index (χ3n) is 5.57. The standard InChI is InChI=1S/C22H22F3N5O5S/c1-3-13-17(29-8-6-26-7-9-29)18(32)16-20(30(13)11-15(31)35-21(33)22(23,24)25)36-19(28-16)12-4-5-27-14(10-12)34-2/h4-5,10,26H,3,6-9,11H2,1-2H3. The molecule has 0 radical (unpaired) electrons. The Balaban J connectivity index is 1.88. The summed E-state index contributed by atoms with van der Waals surface area (Å²) in [7, 11) is 1.45. The van der Waals surface area contributed by atoms with Crippen LogP contribution in [0, 0.1) is 0 Å². The van der Waals surface area contributed by atoms with E-state index in [9.17, 15) is 27.6 Å². The number of ether oxygens (including phenoxy) is 2. The second kappa shape index (κ2) is 10.2. The minimum Gasteiger partial charge on any atom is -0.481 e. The van der Waals surface area contributed by atoms with Crippen molar-refractivity contribution < 1.29 is 32.2 Å². The van der Waals surface area contributed by atoms with Gasteiger partial charge >= 0.3 is 18.1 Å². The Morgan fingerprint density at radius 2 is 1.97 bits per heavy atom. The number of anilines is 1. The molecule has 0 saturated carbocycles. The van der Waals surface area contributed by atoms with E-state index in [1.807, 2.05) is 4.90 Å². The van der Waals surface area contributed by atoms with Crippen molar-refractivity contribution >= 4 is 39.3 Å². The monoisotopic (exact) mass is 525 g/mol. The van der Waals surface area contributed by atoms with Gasteiger partial charge in [-0.25, -0.2) is 19.6 Å². The van der Waals surface area contributed by atoms with Crippen molar-refractivity contribution in [3.05, 3.63) is 34.2 Å². The Morgan fingerprint density at radius 3 is 2.61 bits per heavy atom. The zero-order chi connectivity index (χ0) is 26.0. The molecule has 36 heavy (non-hydrogen) atoms. The van der Waals surface area contributed by atoms with Gasteiger partial charge < -0.3 is 24.3 Å². The fourth-order valence-corrected chi connectivity index (χ4v) is 5.06. The van der Waals surface area contributed by atoms with Crippen LogP contribution < -0.4 is 20.4 Å². The van der Waals surface area contributed by atoms with Crippen molar-refractivity contribution in [1.29, 1.82) is 0 Å². The summed E-state index contributed by atoms with van der Waals surface area (Å²) < 4.78 is 48.6. The molecule has 1 aliphatic rings. The zero-order valence-corrected chi connectivity index (χ0v) is 20.2. The van der Waals surface area contributed by atoms with Gasteiger partial charge in [-0.1, -0.05) is 18.3 Å². The van der Waals surface area contributed by atoms with Crippen LogP contribution in [-0.2, 0) is 27.3 Å². The van der Waals surface area contributed by atoms with Gasteiger partial charge in [-0.3, -0.25) is 4.79 Å². The zero-order valence-electron chi connectivity index (χ0n) is 19.3. The number of carbonyl (C=O) groups is 2. The summed E-state index contributed by atoms with van der Waals surface area (Å²) in [5.41, 5.74) is 1.08. The normalized spacial score (nSPS) is 14.2. The van der Waals surface area contributed by atoms with Gasteiger partial charge in [0.25, 0.3) is 0 Å². The fourth-order valence-electron chi connectivity index (χ4n) is 3.98. The van der Waals surface area contributed by atoms with Crippen LogP contribution in [-0.4, -0.2) is 65.9 Å². The van der Waals surface area contributed by atoms with Crippen molar-refractivity contribution in [2.45, 2.75) is 26.1 Å². The van der Waals surface area contributed by atoms with E-state index in [4.69, 9.17) is 4.74 Å². The number of fused-ring (bicyclic) bond motifs is 1. The van der Waals surface area contributed by atoms with E-state index in [0.29, 0.717) is 60.4 Å². The largest absolute Gasteiger partial charge is 0.491 e. The molecule has 0 aromatic carbocycles. The average Bonchev–Trinajstić information content (AvgIpc) is 3.31. The first kappa shape index (κ1) is 25.6. The molecule has 4 heterocycles. The van der Waals surface area contributed by atoms with Crippen LogP contribution in [0.1, 0.15) is 12.6 Å². The highest BCUT2D eigenvalue weighted by Crippen LogP contribution is 2.33. The third-order valence-corrected chi connectivity index (χ3v) is 6.70. The number of thiazole rings is 1. The van der Waals surface area contributed by atoms with E-state index in [1.165, 1.54) is 17.9 Å². The highest BCUT2D eigenvalue weighted by molar-refractivity contribution is 7.21. The summed E-state index contributed by atoms with van der Waals surface area (Å²) in [6.07, 6.45) is -3.51. The Bertz CT molecular complexity index is 1360. The van der Waals surface area contributed by atoms with Crippen molar-refractivity contribution in [3.8, 4) is 16.5 Å². The summed E-state index contributed by atoms with van der Waals surface area (Å²) in [5.74, 6) is -3.67. The van der Waals surface area contributed by atoms with Gasteiger partial charge in [-0.2, -0.15) is 13.2 Å². The number of alkyl halides is 3. The van der Waals surface area contributed by atoms with E-state index < -0.39 is 24.7 Å². The molecule has 0 atom stereocenters. The van der Waals surface area contributed by atoms with E-state index in [2.05, 4.69) is 20.0 Å². The van der Waals surface area contributed by atoms with Crippen LogP contribution in [0.3, 0.4) is 0 Å². The Kier molecular flexibility index (Phi) is 7.26. The Hall–Kier alpha value is -3.52. The molecular formula is C22H22F3N5O5S. The molecular weight excluding hydrogens is 503 g/mol. The highest BCUT2D eigenvalue weighted by atomic mass is 32.1. The van der Waals surface area contributed by atoms with Crippen LogP contribution in [0.5, 0.6) is 5.88 Å². The van der Waals surface area contributed by atoms with Crippen molar-refractivity contribution in [1.82, 2.24) is 19.9 Å². The Labute approximate surface area is 206 Å². The second-order valence-corrected chi connectivity index (χ2v) is 8.80. The lowest BCUT2D eigenvalue weighted by Gasteiger charge is -2.31. The third kappa shape index (κ3) is 5.04. The first-order chi connectivity index (χ1) is 17.1. The van der Waals surface area contributed by atoms with Crippen LogP contribution in [0.25, 0.3) is 20.9 Å². The van der Waals surface area contributed by atoms with E-state index in [1.54, 1.807) is 19.1 Å². The number of halogens is 3. The predicted molar refractivity (Wildman–Crippen MR) is 125 cm³/mol. The summed E-state index contributed by atoms with van der Waals surface area (Å²) in [5, 5.41) is 3.62. The highest BCUT2D eigenvalue weighted by Gasteiger charge is 2.42. The molecule has 1 N–H and O–H groups in total. The Morgan fingerprint density at radius 1 is 1.25 bits per heavy atom.